The summed E-state index contributed by atoms with van der Waals surface area (Å²) in [4.78, 5) is 2.51. The predicted octanol–water partition coefficient (Wildman–Crippen LogP) is 6.96. The van der Waals surface area contributed by atoms with Crippen LogP contribution in [0.1, 0.15) is 63.8 Å². The quantitative estimate of drug-likeness (QED) is 0.455. The van der Waals surface area contributed by atoms with E-state index in [1.54, 1.807) is 0 Å². The number of anilines is 1. The van der Waals surface area contributed by atoms with E-state index in [1.165, 1.54) is 38.7 Å². The highest BCUT2D eigenvalue weighted by atomic mass is 15.1. The molecule has 0 spiro atoms. The Hall–Kier alpha value is -2.28. The van der Waals surface area contributed by atoms with E-state index >= 15 is 0 Å². The molecule has 3 aromatic rings. The lowest BCUT2D eigenvalue weighted by molar-refractivity contribution is 0.586. The maximum atomic E-state index is 2.51. The highest BCUT2D eigenvalue weighted by Gasteiger charge is 2.25. The van der Waals surface area contributed by atoms with Crippen molar-refractivity contribution >= 4 is 16.5 Å². The molecule has 0 bridgehead atoms. The van der Waals surface area contributed by atoms with E-state index in [0.717, 1.165) is 13.1 Å². The van der Waals surface area contributed by atoms with Crippen molar-refractivity contribution < 1.29 is 0 Å². The Labute approximate surface area is 164 Å². The van der Waals surface area contributed by atoms with E-state index in [2.05, 4.69) is 101 Å². The van der Waals surface area contributed by atoms with Gasteiger partial charge in [-0.2, -0.15) is 0 Å². The molecule has 0 fully saturated rings. The molecule has 1 nitrogen and oxygen atoms in total. The van der Waals surface area contributed by atoms with Crippen LogP contribution < -0.4 is 4.90 Å². The standard InChI is InChI=1S/C26H31N/c1-25(2,3)21-12-18-13-22(26(4,5)6)15-20-17-27(16-19(14-21)24(18)20)23-10-8-7-9-11-23/h7-15H,16-17H2,1-6H3. The maximum Gasteiger partial charge on any atom is 0.0439 e. The number of rotatable bonds is 1. The van der Waals surface area contributed by atoms with Gasteiger partial charge in [-0.3, -0.25) is 0 Å². The SMILES string of the molecule is CC(C)(C)c1cc2c3c(cc(C(C)(C)C)cc3c1)CN(c1ccccc1)C2. The third kappa shape index (κ3) is 3.36. The van der Waals surface area contributed by atoms with Crippen LogP contribution in [0, 0.1) is 0 Å². The smallest absolute Gasteiger partial charge is 0.0439 e. The van der Waals surface area contributed by atoms with Crippen LogP contribution in [-0.2, 0) is 23.9 Å². The molecule has 1 aliphatic rings. The summed E-state index contributed by atoms with van der Waals surface area (Å²) in [6.07, 6.45) is 0. The van der Waals surface area contributed by atoms with Gasteiger partial charge in [-0.25, -0.2) is 0 Å². The van der Waals surface area contributed by atoms with Gasteiger partial charge >= 0.3 is 0 Å². The summed E-state index contributed by atoms with van der Waals surface area (Å²) in [6.45, 7) is 15.8. The molecule has 1 heterocycles. The largest absolute Gasteiger partial charge is 0.363 e. The van der Waals surface area contributed by atoms with Crippen molar-refractivity contribution in [2.24, 2.45) is 0 Å². The lowest BCUT2D eigenvalue weighted by atomic mass is 9.79. The lowest BCUT2D eigenvalue weighted by Crippen LogP contribution is -2.27. The molecule has 0 N–H and O–H groups in total. The van der Waals surface area contributed by atoms with Gasteiger partial charge in [0.1, 0.15) is 0 Å². The first-order valence-electron chi connectivity index (χ1n) is 10.0. The van der Waals surface area contributed by atoms with Crippen LogP contribution in [0.3, 0.4) is 0 Å². The molecule has 0 amide bonds. The van der Waals surface area contributed by atoms with Gasteiger partial charge in [-0.05, 0) is 56.0 Å². The molecule has 0 saturated heterocycles. The van der Waals surface area contributed by atoms with Gasteiger partial charge in [0.2, 0.25) is 0 Å². The van der Waals surface area contributed by atoms with E-state index in [4.69, 9.17) is 0 Å². The topological polar surface area (TPSA) is 3.24 Å². The maximum absolute atomic E-state index is 2.51. The Morgan fingerprint density at radius 3 is 1.59 bits per heavy atom. The summed E-state index contributed by atoms with van der Waals surface area (Å²) in [7, 11) is 0. The third-order valence-electron chi connectivity index (χ3n) is 5.79. The van der Waals surface area contributed by atoms with Crippen LogP contribution in [0.5, 0.6) is 0 Å². The first-order chi connectivity index (χ1) is 12.6. The van der Waals surface area contributed by atoms with Gasteiger partial charge in [-0.1, -0.05) is 84.0 Å². The Morgan fingerprint density at radius 2 is 1.15 bits per heavy atom. The average molecular weight is 358 g/mol. The zero-order valence-corrected chi connectivity index (χ0v) is 17.6. The van der Waals surface area contributed by atoms with Crippen LogP contribution in [0.4, 0.5) is 5.69 Å². The van der Waals surface area contributed by atoms with E-state index in [1.807, 2.05) is 0 Å². The van der Waals surface area contributed by atoms with Crippen molar-refractivity contribution in [3.05, 3.63) is 76.9 Å². The van der Waals surface area contributed by atoms with E-state index < -0.39 is 0 Å². The van der Waals surface area contributed by atoms with Gasteiger partial charge in [0.05, 0.1) is 0 Å². The summed E-state index contributed by atoms with van der Waals surface area (Å²) < 4.78 is 0. The molecule has 0 unspecified atom stereocenters. The van der Waals surface area contributed by atoms with Crippen LogP contribution in [0.2, 0.25) is 0 Å². The Kier molecular flexibility index (Phi) is 4.10. The van der Waals surface area contributed by atoms with Gasteiger partial charge in [0.25, 0.3) is 0 Å². The lowest BCUT2D eigenvalue weighted by Gasteiger charge is -2.34. The molecule has 4 rings (SSSR count). The fourth-order valence-corrected chi connectivity index (χ4v) is 4.11. The fraction of sp³-hybridized carbons (Fsp3) is 0.385. The number of benzene rings is 3. The molecule has 1 aliphatic heterocycles. The second-order valence-electron chi connectivity index (χ2n) is 10.1. The van der Waals surface area contributed by atoms with Crippen molar-refractivity contribution in [3.63, 3.8) is 0 Å². The predicted molar refractivity (Wildman–Crippen MR) is 118 cm³/mol. The van der Waals surface area contributed by atoms with Gasteiger partial charge in [0.15, 0.2) is 0 Å². The normalized spacial score (nSPS) is 14.7. The Balaban J connectivity index is 1.95. The molecule has 0 radical (unpaired) electrons. The average Bonchev–Trinajstić information content (AvgIpc) is 2.60. The number of nitrogens with zero attached hydrogens (tertiary/aromatic N) is 1. The second-order valence-corrected chi connectivity index (χ2v) is 10.1. The fourth-order valence-electron chi connectivity index (χ4n) is 4.11. The van der Waals surface area contributed by atoms with Crippen LogP contribution in [-0.4, -0.2) is 0 Å². The van der Waals surface area contributed by atoms with Gasteiger partial charge in [-0.15, -0.1) is 0 Å². The van der Waals surface area contributed by atoms with Crippen molar-refractivity contribution in [3.8, 4) is 0 Å². The molecule has 3 aromatic carbocycles. The van der Waals surface area contributed by atoms with Gasteiger partial charge in [0, 0.05) is 18.8 Å². The zero-order chi connectivity index (χ0) is 19.4. The summed E-state index contributed by atoms with van der Waals surface area (Å²) in [6, 6.07) is 20.6. The molecule has 1 heteroatoms. The number of hydrogen-bond acceptors (Lipinski definition) is 1. The van der Waals surface area contributed by atoms with E-state index in [0.29, 0.717) is 0 Å². The number of para-hydroxylation sites is 1. The van der Waals surface area contributed by atoms with E-state index in [-0.39, 0.29) is 10.8 Å². The zero-order valence-electron chi connectivity index (χ0n) is 17.6. The molecule has 0 aromatic heterocycles. The Bertz CT molecular complexity index is 926. The van der Waals surface area contributed by atoms with Crippen molar-refractivity contribution in [1.29, 1.82) is 0 Å². The molecule has 27 heavy (non-hydrogen) atoms. The summed E-state index contributed by atoms with van der Waals surface area (Å²) in [5.74, 6) is 0. The summed E-state index contributed by atoms with van der Waals surface area (Å²) in [5, 5.41) is 2.88. The first kappa shape index (κ1) is 18.1. The molecule has 140 valence electrons. The molecule has 0 aliphatic carbocycles. The molecular formula is C26H31N. The van der Waals surface area contributed by atoms with Crippen molar-refractivity contribution in [2.45, 2.75) is 65.5 Å². The van der Waals surface area contributed by atoms with Crippen LogP contribution in [0.15, 0.2) is 54.6 Å². The van der Waals surface area contributed by atoms with Crippen molar-refractivity contribution in [1.82, 2.24) is 0 Å². The van der Waals surface area contributed by atoms with Gasteiger partial charge < -0.3 is 4.90 Å². The second kappa shape index (κ2) is 6.12. The van der Waals surface area contributed by atoms with Crippen LogP contribution >= 0.6 is 0 Å². The molecule has 0 atom stereocenters. The highest BCUT2D eigenvalue weighted by Crippen LogP contribution is 2.39. The highest BCUT2D eigenvalue weighted by molar-refractivity contribution is 5.92. The Morgan fingerprint density at radius 1 is 0.667 bits per heavy atom. The molecule has 0 saturated carbocycles. The number of hydrogen-bond donors (Lipinski definition) is 0. The van der Waals surface area contributed by atoms with Crippen LogP contribution in [0.25, 0.3) is 10.8 Å². The van der Waals surface area contributed by atoms with E-state index in [9.17, 15) is 0 Å². The third-order valence-corrected chi connectivity index (χ3v) is 5.79. The monoisotopic (exact) mass is 357 g/mol. The minimum absolute atomic E-state index is 0.150. The summed E-state index contributed by atoms with van der Waals surface area (Å²) in [5.41, 5.74) is 7.38. The summed E-state index contributed by atoms with van der Waals surface area (Å²) >= 11 is 0. The first-order valence-corrected chi connectivity index (χ1v) is 10.0. The minimum atomic E-state index is 0.150. The molecular weight excluding hydrogens is 326 g/mol. The minimum Gasteiger partial charge on any atom is -0.363 e. The van der Waals surface area contributed by atoms with Crippen molar-refractivity contribution in [2.75, 3.05) is 4.90 Å².